The summed E-state index contributed by atoms with van der Waals surface area (Å²) in [5.74, 6) is 0.848. The minimum absolute atomic E-state index is 0.846. The Labute approximate surface area is 114 Å². The first-order chi connectivity index (χ1) is 8.80. The van der Waals surface area contributed by atoms with Crippen LogP contribution in [0.25, 0.3) is 0 Å². The van der Waals surface area contributed by atoms with Crippen molar-refractivity contribution in [2.24, 2.45) is 5.92 Å². The molecule has 0 N–H and O–H groups in total. The van der Waals surface area contributed by atoms with E-state index in [1.54, 1.807) is 11.8 Å². The van der Waals surface area contributed by atoms with Gasteiger partial charge in [0.15, 0.2) is 0 Å². The monoisotopic (exact) mass is 260 g/mol. The van der Waals surface area contributed by atoms with Gasteiger partial charge in [0, 0.05) is 18.0 Å². The topological polar surface area (TPSA) is 27.0 Å². The highest BCUT2D eigenvalue weighted by Gasteiger charge is 2.25. The lowest BCUT2D eigenvalue weighted by atomic mass is 10.1. The second-order valence-corrected chi connectivity index (χ2v) is 5.70. The van der Waals surface area contributed by atoms with Gasteiger partial charge in [0.05, 0.1) is 11.3 Å². The van der Waals surface area contributed by atoms with Gasteiger partial charge in [0.1, 0.15) is 6.07 Å². The molecule has 0 amide bonds. The molecule has 0 atom stereocenters. The zero-order valence-electron chi connectivity index (χ0n) is 11.1. The Bertz CT molecular complexity index is 446. The molecule has 1 aromatic carbocycles. The van der Waals surface area contributed by atoms with E-state index >= 15 is 0 Å². The summed E-state index contributed by atoms with van der Waals surface area (Å²) in [6, 6.07) is 8.58. The van der Waals surface area contributed by atoms with Crippen LogP contribution in [-0.4, -0.2) is 19.3 Å². The average Bonchev–Trinajstić information content (AvgIpc) is 3.21. The smallest absolute Gasteiger partial charge is 0.103 e. The van der Waals surface area contributed by atoms with E-state index in [9.17, 15) is 5.26 Å². The first kappa shape index (κ1) is 13.3. The van der Waals surface area contributed by atoms with Crippen molar-refractivity contribution in [3.05, 3.63) is 23.8 Å². The molecular weight excluding hydrogens is 240 g/mol. The molecule has 18 heavy (non-hydrogen) atoms. The molecule has 96 valence electrons. The molecule has 1 aliphatic rings. The summed E-state index contributed by atoms with van der Waals surface area (Å²) in [5.41, 5.74) is 1.97. The van der Waals surface area contributed by atoms with Crippen LogP contribution in [0.5, 0.6) is 0 Å². The molecule has 0 bridgehead atoms. The molecule has 3 heteroatoms. The third-order valence-electron chi connectivity index (χ3n) is 3.35. The lowest BCUT2D eigenvalue weighted by Crippen LogP contribution is -2.27. The molecule has 0 aromatic heterocycles. The van der Waals surface area contributed by atoms with Crippen LogP contribution >= 0.6 is 11.8 Å². The van der Waals surface area contributed by atoms with Crippen molar-refractivity contribution in [1.29, 1.82) is 5.26 Å². The highest BCUT2D eigenvalue weighted by Crippen LogP contribution is 2.34. The van der Waals surface area contributed by atoms with E-state index < -0.39 is 0 Å². The third kappa shape index (κ3) is 3.00. The van der Waals surface area contributed by atoms with Crippen LogP contribution in [0.1, 0.15) is 31.7 Å². The predicted octanol–water partition coefficient (Wildman–Crippen LogP) is 3.91. The van der Waals surface area contributed by atoms with Gasteiger partial charge in [0.25, 0.3) is 0 Å². The Morgan fingerprint density at radius 3 is 2.78 bits per heavy atom. The molecule has 1 fully saturated rings. The molecule has 1 saturated carbocycles. The lowest BCUT2D eigenvalue weighted by molar-refractivity contribution is 0.706. The van der Waals surface area contributed by atoms with Crippen molar-refractivity contribution in [1.82, 2.24) is 0 Å². The fraction of sp³-hybridized carbons (Fsp3) is 0.533. The van der Waals surface area contributed by atoms with E-state index in [1.165, 1.54) is 12.8 Å². The van der Waals surface area contributed by atoms with Crippen LogP contribution in [0, 0.1) is 17.2 Å². The highest BCUT2D eigenvalue weighted by molar-refractivity contribution is 7.98. The maximum absolute atomic E-state index is 9.41. The normalized spacial score (nSPS) is 14.3. The van der Waals surface area contributed by atoms with E-state index in [0.717, 1.165) is 41.6 Å². The second kappa shape index (κ2) is 6.15. The first-order valence-electron chi connectivity index (χ1n) is 6.62. The van der Waals surface area contributed by atoms with Crippen molar-refractivity contribution in [2.75, 3.05) is 24.2 Å². The Kier molecular flexibility index (Phi) is 4.54. The van der Waals surface area contributed by atoms with Gasteiger partial charge in [-0.05, 0) is 43.6 Å². The molecule has 1 aliphatic carbocycles. The highest BCUT2D eigenvalue weighted by atomic mass is 32.2. The lowest BCUT2D eigenvalue weighted by Gasteiger charge is -2.26. The number of thioether (sulfide) groups is 1. The van der Waals surface area contributed by atoms with Gasteiger partial charge in [-0.25, -0.2) is 0 Å². The molecule has 0 unspecified atom stereocenters. The van der Waals surface area contributed by atoms with E-state index in [-0.39, 0.29) is 0 Å². The molecule has 0 spiro atoms. The van der Waals surface area contributed by atoms with Crippen LogP contribution in [0.15, 0.2) is 23.1 Å². The molecule has 2 rings (SSSR count). The number of hydrogen-bond donors (Lipinski definition) is 0. The largest absolute Gasteiger partial charge is 0.370 e. The number of anilines is 1. The number of hydrogen-bond acceptors (Lipinski definition) is 3. The zero-order chi connectivity index (χ0) is 13.0. The molecule has 0 saturated heterocycles. The van der Waals surface area contributed by atoms with E-state index in [2.05, 4.69) is 30.0 Å². The van der Waals surface area contributed by atoms with Gasteiger partial charge in [-0.15, -0.1) is 11.8 Å². The van der Waals surface area contributed by atoms with Crippen LogP contribution in [-0.2, 0) is 0 Å². The molecule has 2 nitrogen and oxygen atoms in total. The first-order valence-corrected chi connectivity index (χ1v) is 7.84. The molecule has 0 heterocycles. The average molecular weight is 260 g/mol. The van der Waals surface area contributed by atoms with Crippen molar-refractivity contribution in [2.45, 2.75) is 31.1 Å². The number of benzene rings is 1. The summed E-state index contributed by atoms with van der Waals surface area (Å²) >= 11 is 1.66. The van der Waals surface area contributed by atoms with E-state index in [1.807, 2.05) is 12.3 Å². The van der Waals surface area contributed by atoms with E-state index in [4.69, 9.17) is 0 Å². The minimum atomic E-state index is 0.846. The Morgan fingerprint density at radius 1 is 1.44 bits per heavy atom. The molecular formula is C15H20N2S. The maximum Gasteiger partial charge on any atom is 0.103 e. The van der Waals surface area contributed by atoms with Gasteiger partial charge < -0.3 is 4.90 Å². The van der Waals surface area contributed by atoms with Crippen LogP contribution < -0.4 is 4.90 Å². The molecule has 0 radical (unpaired) electrons. The van der Waals surface area contributed by atoms with Crippen molar-refractivity contribution in [3.63, 3.8) is 0 Å². The number of nitriles is 1. The predicted molar refractivity (Wildman–Crippen MR) is 78.2 cm³/mol. The summed E-state index contributed by atoms with van der Waals surface area (Å²) in [4.78, 5) is 3.49. The summed E-state index contributed by atoms with van der Waals surface area (Å²) in [5, 5.41) is 9.41. The maximum atomic E-state index is 9.41. The molecule has 0 aliphatic heterocycles. The van der Waals surface area contributed by atoms with Crippen molar-refractivity contribution < 1.29 is 0 Å². The minimum Gasteiger partial charge on any atom is -0.370 e. The van der Waals surface area contributed by atoms with Crippen LogP contribution in [0.2, 0.25) is 0 Å². The fourth-order valence-electron chi connectivity index (χ4n) is 2.26. The summed E-state index contributed by atoms with van der Waals surface area (Å²) in [7, 11) is 0. The van der Waals surface area contributed by atoms with Gasteiger partial charge in [0.2, 0.25) is 0 Å². The number of rotatable bonds is 6. The third-order valence-corrected chi connectivity index (χ3v) is 4.13. The Hall–Kier alpha value is -1.14. The Balaban J connectivity index is 2.30. The standard InChI is InChI=1S/C15H20N2S/c1-3-9-17(11-12-7-8-12)14-5-4-6-15(18-2)13(14)10-16/h4-6,12H,3,7-9,11H2,1-2H3. The number of nitrogens with zero attached hydrogens (tertiary/aromatic N) is 2. The van der Waals surface area contributed by atoms with Crippen LogP contribution in [0.4, 0.5) is 5.69 Å². The SMILES string of the molecule is CCCN(CC1CC1)c1cccc(SC)c1C#N. The molecule has 1 aromatic rings. The zero-order valence-corrected chi connectivity index (χ0v) is 12.0. The summed E-state index contributed by atoms with van der Waals surface area (Å²) < 4.78 is 0. The Morgan fingerprint density at radius 2 is 2.22 bits per heavy atom. The second-order valence-electron chi connectivity index (χ2n) is 4.86. The van der Waals surface area contributed by atoms with Gasteiger partial charge in [-0.2, -0.15) is 5.26 Å². The fourth-order valence-corrected chi connectivity index (χ4v) is 2.83. The summed E-state index contributed by atoms with van der Waals surface area (Å²) in [6.07, 6.45) is 5.86. The van der Waals surface area contributed by atoms with Gasteiger partial charge in [-0.3, -0.25) is 0 Å². The van der Waals surface area contributed by atoms with E-state index in [0.29, 0.717) is 0 Å². The van der Waals surface area contributed by atoms with Gasteiger partial charge in [-0.1, -0.05) is 13.0 Å². The van der Waals surface area contributed by atoms with Crippen molar-refractivity contribution >= 4 is 17.4 Å². The van der Waals surface area contributed by atoms with Crippen molar-refractivity contribution in [3.8, 4) is 6.07 Å². The summed E-state index contributed by atoms with van der Waals surface area (Å²) in [6.45, 7) is 4.35. The van der Waals surface area contributed by atoms with Crippen LogP contribution in [0.3, 0.4) is 0 Å². The van der Waals surface area contributed by atoms with Gasteiger partial charge >= 0.3 is 0 Å². The quantitative estimate of drug-likeness (QED) is 0.726.